The predicted octanol–water partition coefficient (Wildman–Crippen LogP) is 1.87. The van der Waals surface area contributed by atoms with E-state index in [2.05, 4.69) is 11.8 Å². The standard InChI is InChI=1S/C13H16FN3/c1-9-8-17(3-2-13(9)16)12-5-10(7-15)4-11(14)6-12/h4-6,9,13H,2-3,8,16H2,1H3. The molecule has 0 spiro atoms. The topological polar surface area (TPSA) is 53.0 Å². The molecule has 1 aromatic rings. The van der Waals surface area contributed by atoms with E-state index in [1.54, 1.807) is 6.07 Å². The number of nitrogens with zero attached hydrogens (tertiary/aromatic N) is 2. The molecule has 0 aromatic heterocycles. The first-order valence-electron chi connectivity index (χ1n) is 5.81. The van der Waals surface area contributed by atoms with Crippen molar-refractivity contribution in [3.8, 4) is 6.07 Å². The van der Waals surface area contributed by atoms with Crippen LogP contribution in [-0.2, 0) is 0 Å². The van der Waals surface area contributed by atoms with Gasteiger partial charge in [-0.15, -0.1) is 0 Å². The first-order valence-corrected chi connectivity index (χ1v) is 5.81. The summed E-state index contributed by atoms with van der Waals surface area (Å²) >= 11 is 0. The highest BCUT2D eigenvalue weighted by Gasteiger charge is 2.23. The van der Waals surface area contributed by atoms with E-state index in [4.69, 9.17) is 11.0 Å². The van der Waals surface area contributed by atoms with E-state index >= 15 is 0 Å². The summed E-state index contributed by atoms with van der Waals surface area (Å²) in [6.07, 6.45) is 0.902. The lowest BCUT2D eigenvalue weighted by atomic mass is 9.94. The van der Waals surface area contributed by atoms with Crippen LogP contribution in [0.15, 0.2) is 18.2 Å². The van der Waals surface area contributed by atoms with E-state index in [0.717, 1.165) is 25.2 Å². The Morgan fingerprint density at radius 1 is 1.47 bits per heavy atom. The van der Waals surface area contributed by atoms with Crippen LogP contribution in [0, 0.1) is 23.1 Å². The molecule has 0 saturated carbocycles. The van der Waals surface area contributed by atoms with Crippen molar-refractivity contribution in [3.05, 3.63) is 29.6 Å². The number of hydrogen-bond donors (Lipinski definition) is 1. The zero-order valence-corrected chi connectivity index (χ0v) is 9.86. The molecule has 2 rings (SSSR count). The molecule has 0 radical (unpaired) electrons. The van der Waals surface area contributed by atoms with Gasteiger partial charge in [0, 0.05) is 24.8 Å². The minimum Gasteiger partial charge on any atom is -0.371 e. The van der Waals surface area contributed by atoms with Crippen LogP contribution in [0.2, 0.25) is 0 Å². The molecule has 0 aliphatic carbocycles. The van der Waals surface area contributed by atoms with Crippen LogP contribution in [0.5, 0.6) is 0 Å². The van der Waals surface area contributed by atoms with Gasteiger partial charge in [-0.05, 0) is 30.5 Å². The zero-order chi connectivity index (χ0) is 12.4. The largest absolute Gasteiger partial charge is 0.371 e. The molecule has 17 heavy (non-hydrogen) atoms. The molecule has 90 valence electrons. The number of rotatable bonds is 1. The van der Waals surface area contributed by atoms with E-state index < -0.39 is 0 Å². The van der Waals surface area contributed by atoms with Gasteiger partial charge in [0.25, 0.3) is 0 Å². The summed E-state index contributed by atoms with van der Waals surface area (Å²) < 4.78 is 13.3. The fourth-order valence-corrected chi connectivity index (χ4v) is 2.22. The quantitative estimate of drug-likeness (QED) is 0.805. The van der Waals surface area contributed by atoms with Crippen molar-refractivity contribution in [2.24, 2.45) is 11.7 Å². The van der Waals surface area contributed by atoms with Crippen molar-refractivity contribution in [1.82, 2.24) is 0 Å². The molecule has 1 aliphatic rings. The Bertz CT molecular complexity index is 452. The van der Waals surface area contributed by atoms with Crippen LogP contribution in [-0.4, -0.2) is 19.1 Å². The average Bonchev–Trinajstić information content (AvgIpc) is 2.32. The third kappa shape index (κ3) is 2.56. The minimum absolute atomic E-state index is 0.218. The molecule has 2 N–H and O–H groups in total. The molecule has 1 heterocycles. The van der Waals surface area contributed by atoms with Gasteiger partial charge in [0.05, 0.1) is 11.6 Å². The summed E-state index contributed by atoms with van der Waals surface area (Å²) in [4.78, 5) is 2.10. The van der Waals surface area contributed by atoms with E-state index in [1.807, 2.05) is 6.07 Å². The molecular formula is C13H16FN3. The second kappa shape index (κ2) is 4.72. The molecule has 3 nitrogen and oxygen atoms in total. The van der Waals surface area contributed by atoms with Crippen LogP contribution in [0.25, 0.3) is 0 Å². The molecule has 1 fully saturated rings. The van der Waals surface area contributed by atoms with Crippen LogP contribution in [0.1, 0.15) is 18.9 Å². The molecule has 2 atom stereocenters. The van der Waals surface area contributed by atoms with Gasteiger partial charge in [0.1, 0.15) is 5.82 Å². The Morgan fingerprint density at radius 2 is 2.24 bits per heavy atom. The van der Waals surface area contributed by atoms with Crippen LogP contribution >= 0.6 is 0 Å². The number of piperidine rings is 1. The highest BCUT2D eigenvalue weighted by molar-refractivity contribution is 5.52. The lowest BCUT2D eigenvalue weighted by Gasteiger charge is -2.36. The van der Waals surface area contributed by atoms with Gasteiger partial charge in [0.2, 0.25) is 0 Å². The predicted molar refractivity (Wildman–Crippen MR) is 65.1 cm³/mol. The number of benzene rings is 1. The number of halogens is 1. The highest BCUT2D eigenvalue weighted by Crippen LogP contribution is 2.24. The maximum atomic E-state index is 13.3. The van der Waals surface area contributed by atoms with E-state index in [1.165, 1.54) is 12.1 Å². The van der Waals surface area contributed by atoms with Crippen molar-refractivity contribution in [2.75, 3.05) is 18.0 Å². The normalized spacial score (nSPS) is 24.5. The molecule has 4 heteroatoms. The molecule has 1 saturated heterocycles. The second-order valence-electron chi connectivity index (χ2n) is 4.69. The van der Waals surface area contributed by atoms with Crippen LogP contribution in [0.4, 0.5) is 10.1 Å². The first-order chi connectivity index (χ1) is 8.10. The number of anilines is 1. The van der Waals surface area contributed by atoms with Crippen molar-refractivity contribution >= 4 is 5.69 Å². The molecular weight excluding hydrogens is 217 g/mol. The summed E-state index contributed by atoms with van der Waals surface area (Å²) in [5.74, 6) is 0.0270. The summed E-state index contributed by atoms with van der Waals surface area (Å²) in [5, 5.41) is 8.82. The van der Waals surface area contributed by atoms with Gasteiger partial charge in [-0.3, -0.25) is 0 Å². The van der Waals surface area contributed by atoms with E-state index in [0.29, 0.717) is 11.5 Å². The Morgan fingerprint density at radius 3 is 2.88 bits per heavy atom. The highest BCUT2D eigenvalue weighted by atomic mass is 19.1. The summed E-state index contributed by atoms with van der Waals surface area (Å²) in [6.45, 7) is 3.73. The average molecular weight is 233 g/mol. The summed E-state index contributed by atoms with van der Waals surface area (Å²) in [6, 6.07) is 6.65. The third-order valence-corrected chi connectivity index (χ3v) is 3.35. The van der Waals surface area contributed by atoms with Gasteiger partial charge >= 0.3 is 0 Å². The minimum atomic E-state index is -0.360. The van der Waals surface area contributed by atoms with Crippen LogP contribution in [0.3, 0.4) is 0 Å². The van der Waals surface area contributed by atoms with Gasteiger partial charge in [-0.1, -0.05) is 6.92 Å². The van der Waals surface area contributed by atoms with Crippen molar-refractivity contribution < 1.29 is 4.39 Å². The van der Waals surface area contributed by atoms with Crippen molar-refractivity contribution in [2.45, 2.75) is 19.4 Å². The monoisotopic (exact) mass is 233 g/mol. The Labute approximate surface area is 101 Å². The van der Waals surface area contributed by atoms with Gasteiger partial charge in [0.15, 0.2) is 0 Å². The maximum Gasteiger partial charge on any atom is 0.126 e. The smallest absolute Gasteiger partial charge is 0.126 e. The maximum absolute atomic E-state index is 13.3. The number of nitriles is 1. The Kier molecular flexibility index (Phi) is 3.30. The molecule has 0 bridgehead atoms. The van der Waals surface area contributed by atoms with E-state index in [-0.39, 0.29) is 11.9 Å². The Balaban J connectivity index is 2.23. The molecule has 1 aliphatic heterocycles. The van der Waals surface area contributed by atoms with Crippen molar-refractivity contribution in [3.63, 3.8) is 0 Å². The van der Waals surface area contributed by atoms with Gasteiger partial charge in [-0.2, -0.15) is 5.26 Å². The molecule has 2 unspecified atom stereocenters. The van der Waals surface area contributed by atoms with Gasteiger partial charge in [-0.25, -0.2) is 4.39 Å². The summed E-state index contributed by atoms with van der Waals surface area (Å²) in [5.41, 5.74) is 7.09. The third-order valence-electron chi connectivity index (χ3n) is 3.35. The van der Waals surface area contributed by atoms with Crippen LogP contribution < -0.4 is 10.6 Å². The summed E-state index contributed by atoms with van der Waals surface area (Å²) in [7, 11) is 0. The fraction of sp³-hybridized carbons (Fsp3) is 0.462. The SMILES string of the molecule is CC1CN(c2cc(F)cc(C#N)c2)CCC1N. The Hall–Kier alpha value is -1.60. The zero-order valence-electron chi connectivity index (χ0n) is 9.86. The molecule has 1 aromatic carbocycles. The van der Waals surface area contributed by atoms with Gasteiger partial charge < -0.3 is 10.6 Å². The van der Waals surface area contributed by atoms with E-state index in [9.17, 15) is 4.39 Å². The lowest BCUT2D eigenvalue weighted by Crippen LogP contribution is -2.46. The first kappa shape index (κ1) is 11.9. The number of nitrogens with two attached hydrogens (primary N) is 1. The second-order valence-corrected chi connectivity index (χ2v) is 4.69. The molecule has 0 amide bonds. The van der Waals surface area contributed by atoms with Crippen molar-refractivity contribution in [1.29, 1.82) is 5.26 Å². The number of hydrogen-bond acceptors (Lipinski definition) is 3. The lowest BCUT2D eigenvalue weighted by molar-refractivity contribution is 0.382. The fourth-order valence-electron chi connectivity index (χ4n) is 2.22.